The summed E-state index contributed by atoms with van der Waals surface area (Å²) in [5.41, 5.74) is 0.0627. The zero-order chi connectivity index (χ0) is 18.1. The Kier molecular flexibility index (Phi) is 3.74. The number of hydrogen-bond acceptors (Lipinski definition) is 7. The highest BCUT2D eigenvalue weighted by Crippen LogP contribution is 2.36. The molecule has 0 radical (unpaired) electrons. The van der Waals surface area contributed by atoms with Crippen LogP contribution in [0.4, 0.5) is 4.39 Å². The van der Waals surface area contributed by atoms with Crippen molar-refractivity contribution in [3.05, 3.63) is 42.0 Å². The molecule has 1 aliphatic heterocycles. The highest BCUT2D eigenvalue weighted by atomic mass is 19.1. The Morgan fingerprint density at radius 1 is 1.23 bits per heavy atom. The number of alkyl halides is 1. The third-order valence-electron chi connectivity index (χ3n) is 4.38. The first kappa shape index (κ1) is 16.0. The molecule has 128 valence electrons. The number of fused-ring (bicyclic) bond motifs is 1. The molecule has 3 aromatic rings. The minimum Gasteiger partial charge on any atom is -0.437 e. The zero-order valence-electron chi connectivity index (χ0n) is 13.7. The molecule has 0 N–H and O–H groups in total. The third kappa shape index (κ3) is 2.72. The van der Waals surface area contributed by atoms with Crippen molar-refractivity contribution in [1.82, 2.24) is 19.9 Å². The second-order valence-electron chi connectivity index (χ2n) is 6.17. The molecule has 8 heteroatoms. The van der Waals surface area contributed by atoms with Crippen LogP contribution >= 0.6 is 0 Å². The van der Waals surface area contributed by atoms with Gasteiger partial charge in [-0.05, 0) is 37.1 Å². The first-order valence-electron chi connectivity index (χ1n) is 8.09. The van der Waals surface area contributed by atoms with E-state index in [4.69, 9.17) is 14.9 Å². The van der Waals surface area contributed by atoms with E-state index in [2.05, 4.69) is 15.0 Å². The smallest absolute Gasteiger partial charge is 0.235 e. The van der Waals surface area contributed by atoms with Crippen LogP contribution in [0.2, 0.25) is 0 Å². The number of rotatable bonds is 2. The average molecular weight is 348 g/mol. The van der Waals surface area contributed by atoms with Crippen LogP contribution in [0.1, 0.15) is 24.4 Å². The van der Waals surface area contributed by atoms with E-state index in [1.165, 1.54) is 17.2 Å². The van der Waals surface area contributed by atoms with Crippen molar-refractivity contribution in [2.24, 2.45) is 0 Å². The van der Waals surface area contributed by atoms with Gasteiger partial charge < -0.3 is 9.32 Å². The molecule has 26 heavy (non-hydrogen) atoms. The van der Waals surface area contributed by atoms with Gasteiger partial charge in [-0.3, -0.25) is 0 Å². The number of oxazole rings is 1. The minimum atomic E-state index is -1.79. The molecule has 0 bridgehead atoms. The Hall–Kier alpha value is -3.52. The number of nitriles is 2. The maximum absolute atomic E-state index is 15.3. The minimum absolute atomic E-state index is 0.0173. The van der Waals surface area contributed by atoms with Crippen molar-refractivity contribution < 1.29 is 8.81 Å². The summed E-state index contributed by atoms with van der Waals surface area (Å²) in [6.45, 7) is 0.482. The molecule has 0 spiro atoms. The molecule has 1 fully saturated rings. The Bertz CT molecular complexity index is 1070. The fourth-order valence-corrected chi connectivity index (χ4v) is 3.09. The summed E-state index contributed by atoms with van der Waals surface area (Å²) < 4.78 is 20.9. The van der Waals surface area contributed by atoms with E-state index in [1.807, 2.05) is 12.3 Å². The van der Waals surface area contributed by atoms with E-state index in [0.717, 1.165) is 0 Å². The van der Waals surface area contributed by atoms with Crippen LogP contribution in [0, 0.1) is 22.8 Å². The predicted molar refractivity (Wildman–Crippen MR) is 89.0 cm³/mol. The van der Waals surface area contributed by atoms with Crippen molar-refractivity contribution in [1.29, 1.82) is 10.5 Å². The maximum Gasteiger partial charge on any atom is 0.235 e. The maximum atomic E-state index is 15.3. The van der Waals surface area contributed by atoms with Gasteiger partial charge in [0.2, 0.25) is 11.6 Å². The summed E-state index contributed by atoms with van der Waals surface area (Å²) in [5, 5.41) is 18.0. The molecule has 1 atom stereocenters. The van der Waals surface area contributed by atoms with Crippen LogP contribution in [0.5, 0.6) is 0 Å². The Labute approximate surface area is 148 Å². The van der Waals surface area contributed by atoms with Crippen LogP contribution in [0.25, 0.3) is 22.5 Å². The van der Waals surface area contributed by atoms with Crippen LogP contribution < -0.4 is 0 Å². The summed E-state index contributed by atoms with van der Waals surface area (Å²) in [5.74, 6) is 0.370. The van der Waals surface area contributed by atoms with Crippen molar-refractivity contribution >= 4 is 11.1 Å². The molecule has 3 heterocycles. The first-order chi connectivity index (χ1) is 12.6. The van der Waals surface area contributed by atoms with Gasteiger partial charge in [-0.2, -0.15) is 10.5 Å². The van der Waals surface area contributed by atoms with E-state index >= 15 is 4.39 Å². The first-order valence-corrected chi connectivity index (χ1v) is 8.09. The Morgan fingerprint density at radius 3 is 2.92 bits per heavy atom. The molecule has 2 aromatic heterocycles. The van der Waals surface area contributed by atoms with Crippen molar-refractivity contribution in [3.8, 4) is 23.7 Å². The summed E-state index contributed by atoms with van der Waals surface area (Å²) in [4.78, 5) is 14.0. The van der Waals surface area contributed by atoms with Gasteiger partial charge in [0.05, 0.1) is 6.54 Å². The number of hydrogen-bond donors (Lipinski definition) is 0. The molecule has 7 nitrogen and oxygen atoms in total. The number of halogens is 1. The van der Waals surface area contributed by atoms with Crippen molar-refractivity contribution in [2.75, 3.05) is 13.1 Å². The van der Waals surface area contributed by atoms with Gasteiger partial charge in [-0.1, -0.05) is 0 Å². The standard InChI is InChI=1S/C18H13FN6O/c19-18(5-1-7-25(10-18)11-21)17-24-14-8-12(2-3-15(14)26-17)16-22-6-4-13(9-20)23-16/h2-4,6,8H,1,5,7,10H2/t18-/m1/s1. The summed E-state index contributed by atoms with van der Waals surface area (Å²) >= 11 is 0. The van der Waals surface area contributed by atoms with Crippen LogP contribution in [0.15, 0.2) is 34.9 Å². The number of piperidine rings is 1. The molecule has 0 saturated carbocycles. The molecule has 1 saturated heterocycles. The molecular formula is C18H13FN6O. The second kappa shape index (κ2) is 6.08. The zero-order valence-corrected chi connectivity index (χ0v) is 13.7. The highest BCUT2D eigenvalue weighted by Gasteiger charge is 2.41. The lowest BCUT2D eigenvalue weighted by molar-refractivity contribution is 0.0451. The lowest BCUT2D eigenvalue weighted by Crippen LogP contribution is -2.41. The van der Waals surface area contributed by atoms with E-state index in [0.29, 0.717) is 35.5 Å². The van der Waals surface area contributed by atoms with Gasteiger partial charge in [-0.25, -0.2) is 19.3 Å². The van der Waals surface area contributed by atoms with Gasteiger partial charge in [-0.15, -0.1) is 0 Å². The fourth-order valence-electron chi connectivity index (χ4n) is 3.09. The van der Waals surface area contributed by atoms with Crippen LogP contribution in [-0.4, -0.2) is 32.9 Å². The molecule has 1 aromatic carbocycles. The van der Waals surface area contributed by atoms with E-state index < -0.39 is 5.67 Å². The molecule has 1 aliphatic rings. The van der Waals surface area contributed by atoms with Crippen molar-refractivity contribution in [2.45, 2.75) is 18.5 Å². The molecule has 0 amide bonds. The predicted octanol–water partition coefficient (Wildman–Crippen LogP) is 2.90. The van der Waals surface area contributed by atoms with Gasteiger partial charge in [0.15, 0.2) is 17.6 Å². The van der Waals surface area contributed by atoms with Gasteiger partial charge in [0, 0.05) is 18.3 Å². The largest absolute Gasteiger partial charge is 0.437 e. The molecule has 0 aliphatic carbocycles. The SMILES string of the molecule is N#Cc1ccnc(-c2ccc3oc([C@@]4(F)CCCN(C#N)C4)nc3c2)n1. The Morgan fingerprint density at radius 2 is 2.12 bits per heavy atom. The topological polar surface area (TPSA) is 103 Å². The monoisotopic (exact) mass is 348 g/mol. The number of benzene rings is 1. The summed E-state index contributed by atoms with van der Waals surface area (Å²) in [7, 11) is 0. The van der Waals surface area contributed by atoms with Crippen LogP contribution in [0.3, 0.4) is 0 Å². The van der Waals surface area contributed by atoms with Gasteiger partial charge in [0.1, 0.15) is 17.3 Å². The van der Waals surface area contributed by atoms with E-state index in [1.54, 1.807) is 18.2 Å². The molecule has 4 rings (SSSR count). The van der Waals surface area contributed by atoms with E-state index in [9.17, 15) is 0 Å². The van der Waals surface area contributed by atoms with Gasteiger partial charge in [0.25, 0.3) is 0 Å². The molecule has 0 unspecified atom stereocenters. The van der Waals surface area contributed by atoms with Crippen LogP contribution in [-0.2, 0) is 5.67 Å². The lowest BCUT2D eigenvalue weighted by atomic mass is 9.95. The Balaban J connectivity index is 1.72. The third-order valence-corrected chi connectivity index (χ3v) is 4.38. The van der Waals surface area contributed by atoms with Gasteiger partial charge >= 0.3 is 0 Å². The lowest BCUT2D eigenvalue weighted by Gasteiger charge is -2.31. The van der Waals surface area contributed by atoms with Crippen molar-refractivity contribution in [3.63, 3.8) is 0 Å². The molecular weight excluding hydrogens is 335 g/mol. The summed E-state index contributed by atoms with van der Waals surface area (Å²) in [6, 6.07) is 8.61. The number of nitrogens with zero attached hydrogens (tertiary/aromatic N) is 6. The number of likely N-dealkylation sites (tertiary alicyclic amines) is 1. The second-order valence-corrected chi connectivity index (χ2v) is 6.17. The quantitative estimate of drug-likeness (QED) is 0.656. The number of aromatic nitrogens is 3. The highest BCUT2D eigenvalue weighted by molar-refractivity contribution is 5.78. The summed E-state index contributed by atoms with van der Waals surface area (Å²) in [6.07, 6.45) is 4.31. The normalized spacial score (nSPS) is 19.9. The van der Waals surface area contributed by atoms with E-state index in [-0.39, 0.29) is 24.6 Å². The fraction of sp³-hybridized carbons (Fsp3) is 0.278. The average Bonchev–Trinajstić information content (AvgIpc) is 3.12.